The van der Waals surface area contributed by atoms with Gasteiger partial charge in [-0.25, -0.2) is 0 Å². The minimum Gasteiger partial charge on any atom is -0.399 e. The molecule has 0 atom stereocenters. The van der Waals surface area contributed by atoms with Crippen molar-refractivity contribution in [3.05, 3.63) is 28.2 Å². The van der Waals surface area contributed by atoms with Gasteiger partial charge in [-0.05, 0) is 37.6 Å². The van der Waals surface area contributed by atoms with Crippen LogP contribution >= 0.6 is 15.9 Å². The van der Waals surface area contributed by atoms with Crippen molar-refractivity contribution < 1.29 is 0 Å². The SMILES string of the molecule is CN(Cc1ccc(N)cc1Br)C1CCCCC1. The van der Waals surface area contributed by atoms with E-state index in [-0.39, 0.29) is 0 Å². The first-order chi connectivity index (χ1) is 8.16. The topological polar surface area (TPSA) is 29.3 Å². The molecule has 2 nitrogen and oxygen atoms in total. The lowest BCUT2D eigenvalue weighted by Crippen LogP contribution is -2.32. The van der Waals surface area contributed by atoms with Crippen LogP contribution in [0.1, 0.15) is 37.7 Å². The summed E-state index contributed by atoms with van der Waals surface area (Å²) in [6.07, 6.45) is 6.89. The predicted molar refractivity (Wildman–Crippen MR) is 76.9 cm³/mol. The molecule has 1 fully saturated rings. The zero-order valence-electron chi connectivity index (χ0n) is 10.5. The van der Waals surface area contributed by atoms with Crippen molar-refractivity contribution in [2.75, 3.05) is 12.8 Å². The first-order valence-corrected chi connectivity index (χ1v) is 7.20. The second kappa shape index (κ2) is 5.87. The van der Waals surface area contributed by atoms with E-state index in [4.69, 9.17) is 5.73 Å². The van der Waals surface area contributed by atoms with E-state index in [0.717, 1.165) is 22.7 Å². The van der Waals surface area contributed by atoms with Crippen LogP contribution in [0.4, 0.5) is 5.69 Å². The number of hydrogen-bond acceptors (Lipinski definition) is 2. The van der Waals surface area contributed by atoms with E-state index in [1.807, 2.05) is 12.1 Å². The molecule has 0 radical (unpaired) electrons. The fourth-order valence-electron chi connectivity index (χ4n) is 2.61. The second-order valence-corrected chi connectivity index (χ2v) is 5.91. The third kappa shape index (κ3) is 3.46. The lowest BCUT2D eigenvalue weighted by atomic mass is 9.94. The highest BCUT2D eigenvalue weighted by Gasteiger charge is 2.18. The lowest BCUT2D eigenvalue weighted by molar-refractivity contribution is 0.184. The predicted octanol–water partition coefficient (Wildman–Crippen LogP) is 3.80. The van der Waals surface area contributed by atoms with Gasteiger partial charge in [0.05, 0.1) is 0 Å². The molecule has 17 heavy (non-hydrogen) atoms. The van der Waals surface area contributed by atoms with E-state index in [2.05, 4.69) is 33.9 Å². The van der Waals surface area contributed by atoms with Gasteiger partial charge in [-0.15, -0.1) is 0 Å². The van der Waals surface area contributed by atoms with E-state index in [9.17, 15) is 0 Å². The van der Waals surface area contributed by atoms with Gasteiger partial charge in [-0.1, -0.05) is 41.3 Å². The number of nitrogens with zero attached hydrogens (tertiary/aromatic N) is 1. The van der Waals surface area contributed by atoms with Crippen molar-refractivity contribution in [1.29, 1.82) is 0 Å². The van der Waals surface area contributed by atoms with Gasteiger partial charge in [-0.2, -0.15) is 0 Å². The Balaban J connectivity index is 1.99. The largest absolute Gasteiger partial charge is 0.399 e. The van der Waals surface area contributed by atoms with Gasteiger partial charge >= 0.3 is 0 Å². The zero-order chi connectivity index (χ0) is 12.3. The van der Waals surface area contributed by atoms with Crippen LogP contribution in [0.5, 0.6) is 0 Å². The normalized spacial score (nSPS) is 17.6. The summed E-state index contributed by atoms with van der Waals surface area (Å²) >= 11 is 3.59. The first-order valence-electron chi connectivity index (χ1n) is 6.41. The molecule has 0 unspecified atom stereocenters. The Labute approximate surface area is 112 Å². The number of benzene rings is 1. The van der Waals surface area contributed by atoms with E-state index in [1.165, 1.54) is 37.7 Å². The molecule has 1 aromatic rings. The first kappa shape index (κ1) is 12.9. The summed E-state index contributed by atoms with van der Waals surface area (Å²) in [6, 6.07) is 6.85. The minimum atomic E-state index is 0.758. The Hall–Kier alpha value is -0.540. The average molecular weight is 297 g/mol. The highest BCUT2D eigenvalue weighted by molar-refractivity contribution is 9.10. The third-order valence-electron chi connectivity index (χ3n) is 3.69. The number of nitrogens with two attached hydrogens (primary N) is 1. The summed E-state index contributed by atoms with van der Waals surface area (Å²) in [7, 11) is 2.23. The smallest absolute Gasteiger partial charge is 0.0325 e. The molecule has 0 aliphatic heterocycles. The molecule has 1 aromatic carbocycles. The molecule has 3 heteroatoms. The van der Waals surface area contributed by atoms with Crippen LogP contribution in [0.15, 0.2) is 22.7 Å². The van der Waals surface area contributed by atoms with Gasteiger partial charge in [0.2, 0.25) is 0 Å². The van der Waals surface area contributed by atoms with E-state index in [0.29, 0.717) is 0 Å². The molecule has 0 bridgehead atoms. The van der Waals surface area contributed by atoms with Gasteiger partial charge < -0.3 is 5.73 Å². The summed E-state index contributed by atoms with van der Waals surface area (Å²) in [6.45, 7) is 1.01. The monoisotopic (exact) mass is 296 g/mol. The Morgan fingerprint density at radius 1 is 1.29 bits per heavy atom. The molecule has 1 aliphatic rings. The van der Waals surface area contributed by atoms with Crippen molar-refractivity contribution in [3.8, 4) is 0 Å². The minimum absolute atomic E-state index is 0.758. The second-order valence-electron chi connectivity index (χ2n) is 5.06. The molecule has 0 aromatic heterocycles. The molecular weight excluding hydrogens is 276 g/mol. The summed E-state index contributed by atoms with van der Waals surface area (Å²) in [5.74, 6) is 0. The molecule has 2 rings (SSSR count). The van der Waals surface area contributed by atoms with Crippen molar-refractivity contribution in [2.24, 2.45) is 0 Å². The van der Waals surface area contributed by atoms with Crippen LogP contribution in [-0.2, 0) is 6.54 Å². The molecule has 0 heterocycles. The van der Waals surface area contributed by atoms with Crippen LogP contribution in [0.3, 0.4) is 0 Å². The maximum atomic E-state index is 5.76. The van der Waals surface area contributed by atoms with Gasteiger partial charge in [0.15, 0.2) is 0 Å². The zero-order valence-corrected chi connectivity index (χ0v) is 12.0. The third-order valence-corrected chi connectivity index (χ3v) is 4.43. The van der Waals surface area contributed by atoms with Gasteiger partial charge in [0.25, 0.3) is 0 Å². The van der Waals surface area contributed by atoms with Crippen molar-refractivity contribution in [2.45, 2.75) is 44.7 Å². The summed E-state index contributed by atoms with van der Waals surface area (Å²) in [4.78, 5) is 2.48. The molecular formula is C14H21BrN2. The summed E-state index contributed by atoms with van der Waals surface area (Å²) in [5, 5.41) is 0. The van der Waals surface area contributed by atoms with Crippen LogP contribution in [-0.4, -0.2) is 18.0 Å². The van der Waals surface area contributed by atoms with Crippen LogP contribution in [0.2, 0.25) is 0 Å². The van der Waals surface area contributed by atoms with Gasteiger partial charge in [-0.3, -0.25) is 4.90 Å². The maximum absolute atomic E-state index is 5.76. The lowest BCUT2D eigenvalue weighted by Gasteiger charge is -2.31. The molecule has 2 N–H and O–H groups in total. The fourth-order valence-corrected chi connectivity index (χ4v) is 3.13. The standard InChI is InChI=1S/C14H21BrN2/c1-17(13-5-3-2-4-6-13)10-11-7-8-12(16)9-14(11)15/h7-9,13H,2-6,10,16H2,1H3. The number of anilines is 1. The van der Waals surface area contributed by atoms with E-state index in [1.54, 1.807) is 0 Å². The number of hydrogen-bond donors (Lipinski definition) is 1. The maximum Gasteiger partial charge on any atom is 0.0325 e. The molecule has 1 aliphatic carbocycles. The molecule has 1 saturated carbocycles. The highest BCUT2D eigenvalue weighted by atomic mass is 79.9. The Bertz CT molecular complexity index is 372. The van der Waals surface area contributed by atoms with Gasteiger partial charge in [0.1, 0.15) is 0 Å². The molecule has 0 amide bonds. The van der Waals surface area contributed by atoms with Gasteiger partial charge in [0, 0.05) is 22.7 Å². The Morgan fingerprint density at radius 3 is 2.65 bits per heavy atom. The van der Waals surface area contributed by atoms with Crippen molar-refractivity contribution >= 4 is 21.6 Å². The van der Waals surface area contributed by atoms with Crippen molar-refractivity contribution in [1.82, 2.24) is 4.90 Å². The Kier molecular flexibility index (Phi) is 4.46. The van der Waals surface area contributed by atoms with E-state index < -0.39 is 0 Å². The summed E-state index contributed by atoms with van der Waals surface area (Å²) in [5.41, 5.74) is 7.90. The molecule has 0 saturated heterocycles. The quantitative estimate of drug-likeness (QED) is 0.860. The molecule has 94 valence electrons. The Morgan fingerprint density at radius 2 is 2.00 bits per heavy atom. The van der Waals surface area contributed by atoms with Crippen LogP contribution < -0.4 is 5.73 Å². The van der Waals surface area contributed by atoms with Crippen LogP contribution in [0, 0.1) is 0 Å². The number of halogens is 1. The molecule has 0 spiro atoms. The van der Waals surface area contributed by atoms with Crippen LogP contribution in [0.25, 0.3) is 0 Å². The van der Waals surface area contributed by atoms with E-state index >= 15 is 0 Å². The average Bonchev–Trinajstić information content (AvgIpc) is 2.34. The van der Waals surface area contributed by atoms with Crippen molar-refractivity contribution in [3.63, 3.8) is 0 Å². The number of nitrogen functional groups attached to an aromatic ring is 1. The summed E-state index contributed by atoms with van der Waals surface area (Å²) < 4.78 is 1.13. The number of rotatable bonds is 3. The fraction of sp³-hybridized carbons (Fsp3) is 0.571. The highest BCUT2D eigenvalue weighted by Crippen LogP contribution is 2.25.